The lowest BCUT2D eigenvalue weighted by molar-refractivity contribution is -0.135. The van der Waals surface area contributed by atoms with Crippen LogP contribution in [0.5, 0.6) is 5.75 Å². The predicted molar refractivity (Wildman–Crippen MR) is 86.5 cm³/mol. The fourth-order valence-corrected chi connectivity index (χ4v) is 2.26. The Morgan fingerprint density at radius 1 is 0.958 bits per heavy atom. The summed E-state index contributed by atoms with van der Waals surface area (Å²) in [7, 11) is 0. The molecule has 7 nitrogen and oxygen atoms in total. The maximum absolute atomic E-state index is 11.7. The Labute approximate surface area is 140 Å². The summed E-state index contributed by atoms with van der Waals surface area (Å²) in [6, 6.07) is 6.39. The molecule has 24 heavy (non-hydrogen) atoms. The molecule has 0 atom stereocenters. The first-order valence-electron chi connectivity index (χ1n) is 8.05. The molecule has 2 N–H and O–H groups in total. The third kappa shape index (κ3) is 5.34. The zero-order valence-electron chi connectivity index (χ0n) is 13.7. The number of hydrogen-bond acceptors (Lipinski definition) is 5. The fraction of sp³-hybridized carbons (Fsp3) is 0.471. The van der Waals surface area contributed by atoms with Gasteiger partial charge in [0.15, 0.2) is 0 Å². The molecule has 0 spiro atoms. The second kappa shape index (κ2) is 9.02. The molecule has 1 aromatic rings. The molecule has 1 heterocycles. The fourth-order valence-electron chi connectivity index (χ4n) is 2.26. The number of hydrogen-bond donors (Lipinski definition) is 2. The molecule has 130 valence electrons. The number of imide groups is 2. The summed E-state index contributed by atoms with van der Waals surface area (Å²) in [6.07, 6.45) is 2.38. The summed E-state index contributed by atoms with van der Waals surface area (Å²) in [4.78, 5) is 34.4. The van der Waals surface area contributed by atoms with Crippen molar-refractivity contribution in [2.75, 3.05) is 19.8 Å². The highest BCUT2D eigenvalue weighted by Gasteiger charge is 2.33. The monoisotopic (exact) mass is 334 g/mol. The lowest BCUT2D eigenvalue weighted by atomic mass is 9.96. The number of carbonyl (C=O) groups excluding carboxylic acids is 3. The first kappa shape index (κ1) is 17.9. The van der Waals surface area contributed by atoms with Crippen molar-refractivity contribution in [1.82, 2.24) is 10.6 Å². The number of carbonyl (C=O) groups is 3. The SMILES string of the molecule is CCCCOCCOc1ccc(CC2C(=O)NC(=O)NC2=O)cc1. The van der Waals surface area contributed by atoms with Crippen molar-refractivity contribution in [2.24, 2.45) is 5.92 Å². The Balaban J connectivity index is 1.78. The number of barbiturate groups is 1. The normalized spacial score (nSPS) is 15.1. The van der Waals surface area contributed by atoms with E-state index in [1.54, 1.807) is 24.3 Å². The summed E-state index contributed by atoms with van der Waals surface area (Å²) in [5.74, 6) is -1.35. The number of nitrogens with one attached hydrogen (secondary N) is 2. The van der Waals surface area contributed by atoms with Crippen molar-refractivity contribution in [3.63, 3.8) is 0 Å². The van der Waals surface area contributed by atoms with E-state index < -0.39 is 23.8 Å². The van der Waals surface area contributed by atoms with Gasteiger partial charge in [-0.15, -0.1) is 0 Å². The Kier molecular flexibility index (Phi) is 6.74. The van der Waals surface area contributed by atoms with Crippen molar-refractivity contribution < 1.29 is 23.9 Å². The zero-order chi connectivity index (χ0) is 17.4. The summed E-state index contributed by atoms with van der Waals surface area (Å²) >= 11 is 0. The van der Waals surface area contributed by atoms with Crippen LogP contribution in [0.2, 0.25) is 0 Å². The van der Waals surface area contributed by atoms with Gasteiger partial charge < -0.3 is 9.47 Å². The van der Waals surface area contributed by atoms with Crippen LogP contribution in [0, 0.1) is 5.92 Å². The topological polar surface area (TPSA) is 93.7 Å². The van der Waals surface area contributed by atoms with Crippen LogP contribution in [-0.4, -0.2) is 37.7 Å². The Morgan fingerprint density at radius 2 is 1.62 bits per heavy atom. The molecular formula is C17H22N2O5. The number of benzene rings is 1. The minimum absolute atomic E-state index is 0.228. The Hall–Kier alpha value is -2.41. The molecule has 0 radical (unpaired) electrons. The van der Waals surface area contributed by atoms with E-state index in [4.69, 9.17) is 9.47 Å². The van der Waals surface area contributed by atoms with E-state index in [1.807, 2.05) is 0 Å². The highest BCUT2D eigenvalue weighted by Crippen LogP contribution is 2.16. The van der Waals surface area contributed by atoms with Crippen molar-refractivity contribution in [3.8, 4) is 5.75 Å². The van der Waals surface area contributed by atoms with Gasteiger partial charge in [0.05, 0.1) is 6.61 Å². The van der Waals surface area contributed by atoms with E-state index >= 15 is 0 Å². The summed E-state index contributed by atoms with van der Waals surface area (Å²) in [6.45, 7) is 3.86. The maximum Gasteiger partial charge on any atom is 0.328 e. The molecule has 2 rings (SSSR count). The number of ether oxygens (including phenoxy) is 2. The van der Waals surface area contributed by atoms with E-state index in [2.05, 4.69) is 17.6 Å². The van der Waals surface area contributed by atoms with Crippen LogP contribution >= 0.6 is 0 Å². The van der Waals surface area contributed by atoms with Gasteiger partial charge in [0.2, 0.25) is 11.8 Å². The van der Waals surface area contributed by atoms with Crippen LogP contribution < -0.4 is 15.4 Å². The van der Waals surface area contributed by atoms with E-state index in [0.29, 0.717) is 19.0 Å². The van der Waals surface area contributed by atoms with Gasteiger partial charge in [-0.25, -0.2) is 4.79 Å². The van der Waals surface area contributed by atoms with Gasteiger partial charge in [-0.05, 0) is 30.5 Å². The van der Waals surface area contributed by atoms with Crippen LogP contribution in [0.25, 0.3) is 0 Å². The molecule has 1 aromatic carbocycles. The quantitative estimate of drug-likeness (QED) is 0.526. The first-order valence-corrected chi connectivity index (χ1v) is 8.05. The van der Waals surface area contributed by atoms with E-state index in [1.165, 1.54) is 0 Å². The third-order valence-corrected chi connectivity index (χ3v) is 3.61. The summed E-state index contributed by atoms with van der Waals surface area (Å²) in [5.41, 5.74) is 0.811. The van der Waals surface area contributed by atoms with Gasteiger partial charge in [0, 0.05) is 6.61 Å². The molecule has 1 aliphatic rings. The number of urea groups is 1. The highest BCUT2D eigenvalue weighted by atomic mass is 16.5. The summed E-state index contributed by atoms with van der Waals surface area (Å²) < 4.78 is 11.0. The van der Waals surface area contributed by atoms with E-state index in [-0.39, 0.29) is 6.42 Å². The van der Waals surface area contributed by atoms with E-state index in [0.717, 1.165) is 25.0 Å². The average Bonchev–Trinajstić information content (AvgIpc) is 2.55. The lowest BCUT2D eigenvalue weighted by Gasteiger charge is -2.20. The Bertz CT molecular complexity index is 565. The van der Waals surface area contributed by atoms with Crippen LogP contribution in [0.1, 0.15) is 25.3 Å². The van der Waals surface area contributed by atoms with Crippen LogP contribution in [0.15, 0.2) is 24.3 Å². The van der Waals surface area contributed by atoms with Gasteiger partial charge in [-0.3, -0.25) is 20.2 Å². The van der Waals surface area contributed by atoms with Crippen molar-refractivity contribution in [1.29, 1.82) is 0 Å². The molecule has 0 bridgehead atoms. The second-order valence-electron chi connectivity index (χ2n) is 5.52. The van der Waals surface area contributed by atoms with Gasteiger partial charge in [-0.2, -0.15) is 0 Å². The van der Waals surface area contributed by atoms with Crippen molar-refractivity contribution in [2.45, 2.75) is 26.2 Å². The Morgan fingerprint density at radius 3 is 2.25 bits per heavy atom. The molecule has 1 saturated heterocycles. The molecule has 1 aliphatic heterocycles. The number of amides is 4. The molecule has 7 heteroatoms. The smallest absolute Gasteiger partial charge is 0.328 e. The van der Waals surface area contributed by atoms with Gasteiger partial charge in [0.25, 0.3) is 0 Å². The molecule has 4 amide bonds. The standard InChI is InChI=1S/C17H22N2O5/c1-2-3-8-23-9-10-24-13-6-4-12(5-7-13)11-14-15(20)18-17(22)19-16(14)21/h4-7,14H,2-3,8-11H2,1H3,(H2,18,19,20,21,22). The predicted octanol–water partition coefficient (Wildman–Crippen LogP) is 1.41. The maximum atomic E-state index is 11.7. The molecule has 0 saturated carbocycles. The molecular weight excluding hydrogens is 312 g/mol. The molecule has 1 fully saturated rings. The van der Waals surface area contributed by atoms with Gasteiger partial charge in [-0.1, -0.05) is 25.5 Å². The number of rotatable bonds is 9. The first-order chi connectivity index (χ1) is 11.6. The van der Waals surface area contributed by atoms with Crippen molar-refractivity contribution in [3.05, 3.63) is 29.8 Å². The zero-order valence-corrected chi connectivity index (χ0v) is 13.7. The van der Waals surface area contributed by atoms with Gasteiger partial charge in [0.1, 0.15) is 18.3 Å². The second-order valence-corrected chi connectivity index (χ2v) is 5.52. The lowest BCUT2D eigenvalue weighted by Crippen LogP contribution is -2.56. The van der Waals surface area contributed by atoms with Crippen molar-refractivity contribution >= 4 is 17.8 Å². The minimum Gasteiger partial charge on any atom is -0.491 e. The van der Waals surface area contributed by atoms with Crippen LogP contribution in [0.3, 0.4) is 0 Å². The summed E-state index contributed by atoms with van der Waals surface area (Å²) in [5, 5.41) is 4.18. The minimum atomic E-state index is -0.901. The van der Waals surface area contributed by atoms with E-state index in [9.17, 15) is 14.4 Å². The largest absolute Gasteiger partial charge is 0.491 e. The molecule has 0 unspecified atom stereocenters. The van der Waals surface area contributed by atoms with Crippen LogP contribution in [0.4, 0.5) is 4.79 Å². The molecule has 0 aromatic heterocycles. The van der Waals surface area contributed by atoms with Crippen LogP contribution in [-0.2, 0) is 20.7 Å². The average molecular weight is 334 g/mol. The molecule has 0 aliphatic carbocycles. The highest BCUT2D eigenvalue weighted by molar-refractivity contribution is 6.16. The van der Waals surface area contributed by atoms with Gasteiger partial charge >= 0.3 is 6.03 Å². The third-order valence-electron chi connectivity index (χ3n) is 3.61. The number of unbranched alkanes of at least 4 members (excludes halogenated alkanes) is 1.